The van der Waals surface area contributed by atoms with Crippen molar-refractivity contribution < 1.29 is 4.92 Å². The third-order valence-corrected chi connectivity index (χ3v) is 7.54. The smallest absolute Gasteiger partial charge is 0.275 e. The highest BCUT2D eigenvalue weighted by Gasteiger charge is 2.47. The third kappa shape index (κ3) is 3.64. The van der Waals surface area contributed by atoms with Crippen LogP contribution in [0.2, 0.25) is 0 Å². The minimum atomic E-state index is -0.787. The van der Waals surface area contributed by atoms with Gasteiger partial charge in [0.15, 0.2) is 0 Å². The number of halogens is 2. The van der Waals surface area contributed by atoms with Crippen LogP contribution in [0.1, 0.15) is 32.8 Å². The van der Waals surface area contributed by atoms with Crippen molar-refractivity contribution in [3.63, 3.8) is 0 Å². The van der Waals surface area contributed by atoms with E-state index in [1.54, 1.807) is 6.07 Å². The second-order valence-corrected chi connectivity index (χ2v) is 9.54. The first-order chi connectivity index (χ1) is 16.6. The maximum absolute atomic E-state index is 12.0. The van der Waals surface area contributed by atoms with E-state index in [0.29, 0.717) is 10.9 Å². The number of alkyl halides is 2. The number of benzene rings is 4. The van der Waals surface area contributed by atoms with Gasteiger partial charge >= 0.3 is 0 Å². The number of hydrogen-bond acceptors (Lipinski definition) is 4. The van der Waals surface area contributed by atoms with Gasteiger partial charge in [0, 0.05) is 22.5 Å². The Kier molecular flexibility index (Phi) is 6.25. The van der Waals surface area contributed by atoms with Gasteiger partial charge in [-0.1, -0.05) is 123 Å². The van der Waals surface area contributed by atoms with Gasteiger partial charge in [0.2, 0.25) is 0 Å². The molecule has 5 rings (SSSR count). The highest BCUT2D eigenvalue weighted by molar-refractivity contribution is 9.09. The molecule has 1 heterocycles. The van der Waals surface area contributed by atoms with Crippen LogP contribution in [0.5, 0.6) is 0 Å². The number of hydrazine groups is 1. The first-order valence-corrected chi connectivity index (χ1v) is 12.8. The molecule has 34 heavy (non-hydrogen) atoms. The molecule has 0 saturated heterocycles. The third-order valence-electron chi connectivity index (χ3n) is 6.24. The Morgan fingerprint density at radius 1 is 0.853 bits per heavy atom. The van der Waals surface area contributed by atoms with E-state index in [2.05, 4.69) is 78.7 Å². The van der Waals surface area contributed by atoms with E-state index in [1.807, 2.05) is 60.7 Å². The zero-order valence-corrected chi connectivity index (χ0v) is 21.2. The predicted molar refractivity (Wildman–Crippen MR) is 142 cm³/mol. The molecule has 0 bridgehead atoms. The average molecular weight is 579 g/mol. The summed E-state index contributed by atoms with van der Waals surface area (Å²) in [7, 11) is 0. The molecule has 1 atom stereocenters. The summed E-state index contributed by atoms with van der Waals surface area (Å²) in [5.74, 6) is 0. The Balaban J connectivity index is 1.87. The Morgan fingerprint density at radius 3 is 1.74 bits per heavy atom. The topological polar surface area (TPSA) is 58.4 Å². The van der Waals surface area contributed by atoms with Crippen LogP contribution in [0.4, 0.5) is 11.4 Å². The van der Waals surface area contributed by atoms with Gasteiger partial charge in [0.1, 0.15) is 10.5 Å². The van der Waals surface area contributed by atoms with E-state index in [-0.39, 0.29) is 15.6 Å². The van der Waals surface area contributed by atoms with E-state index in [9.17, 15) is 10.1 Å². The Hall–Kier alpha value is -3.00. The molecule has 170 valence electrons. The van der Waals surface area contributed by atoms with Crippen molar-refractivity contribution >= 4 is 43.2 Å². The minimum Gasteiger partial charge on any atom is -0.287 e. The van der Waals surface area contributed by atoms with Crippen LogP contribution in [0.15, 0.2) is 103 Å². The number of nitro groups is 1. The molecule has 0 radical (unpaired) electrons. The van der Waals surface area contributed by atoms with E-state index < -0.39 is 5.54 Å². The largest absolute Gasteiger partial charge is 0.287 e. The second kappa shape index (κ2) is 9.33. The molecule has 4 aromatic carbocycles. The summed E-state index contributed by atoms with van der Waals surface area (Å²) in [6.07, 6.45) is 0. The summed E-state index contributed by atoms with van der Waals surface area (Å²) in [5, 5.41) is 14.4. The molecule has 1 unspecified atom stereocenters. The molecule has 4 aromatic rings. The molecule has 5 nitrogen and oxygen atoms in total. The van der Waals surface area contributed by atoms with Gasteiger partial charge in [-0.15, -0.1) is 0 Å². The fourth-order valence-corrected chi connectivity index (χ4v) is 5.79. The Bertz CT molecular complexity index is 1220. The fraction of sp³-hybridized carbons (Fsp3) is 0.111. The number of fused-ring (bicyclic) bond motifs is 1. The number of nitrogens with one attached hydrogen (secondary N) is 1. The van der Waals surface area contributed by atoms with Crippen molar-refractivity contribution in [2.75, 3.05) is 5.01 Å². The molecular formula is C27H21Br2N3O2. The number of nitro benzene ring substituents is 1. The van der Waals surface area contributed by atoms with Gasteiger partial charge in [-0.05, 0) is 22.8 Å². The summed E-state index contributed by atoms with van der Waals surface area (Å²) in [4.78, 5) is 11.4. The van der Waals surface area contributed by atoms with Crippen LogP contribution >= 0.6 is 31.9 Å². The molecule has 0 aromatic heterocycles. The SMILES string of the molecule is O=[N+]([O-])c1cc2c(cc1CBr)C(Br)NN2C(c1ccccc1)(c1ccccc1)c1ccccc1. The van der Waals surface area contributed by atoms with Crippen molar-refractivity contribution in [1.29, 1.82) is 0 Å². The molecular weight excluding hydrogens is 558 g/mol. The molecule has 0 saturated carbocycles. The van der Waals surface area contributed by atoms with Crippen LogP contribution in [0, 0.1) is 10.1 Å². The molecule has 0 aliphatic carbocycles. The quantitative estimate of drug-likeness (QED) is 0.0864. The first-order valence-electron chi connectivity index (χ1n) is 10.8. The van der Waals surface area contributed by atoms with Gasteiger partial charge in [-0.2, -0.15) is 0 Å². The lowest BCUT2D eigenvalue weighted by Crippen LogP contribution is -2.53. The lowest BCUT2D eigenvalue weighted by atomic mass is 9.76. The zero-order valence-electron chi connectivity index (χ0n) is 18.1. The molecule has 1 N–H and O–H groups in total. The van der Waals surface area contributed by atoms with Gasteiger partial charge in [-0.3, -0.25) is 15.1 Å². The summed E-state index contributed by atoms with van der Waals surface area (Å²) in [5.41, 5.74) is 8.36. The lowest BCUT2D eigenvalue weighted by Gasteiger charge is -2.44. The summed E-state index contributed by atoms with van der Waals surface area (Å²) >= 11 is 7.19. The van der Waals surface area contributed by atoms with Crippen LogP contribution in [-0.2, 0) is 10.9 Å². The molecule has 0 fully saturated rings. The number of rotatable bonds is 6. The van der Waals surface area contributed by atoms with Crippen LogP contribution in [0.25, 0.3) is 0 Å². The minimum absolute atomic E-state index is 0.0899. The maximum Gasteiger partial charge on any atom is 0.275 e. The second-order valence-electron chi connectivity index (χ2n) is 8.07. The Morgan fingerprint density at radius 2 is 1.32 bits per heavy atom. The average Bonchev–Trinajstić information content (AvgIpc) is 3.21. The fourth-order valence-electron chi connectivity index (χ4n) is 4.77. The summed E-state index contributed by atoms with van der Waals surface area (Å²) in [6, 6.07) is 34.3. The van der Waals surface area contributed by atoms with Gasteiger partial charge in [0.05, 0.1) is 10.6 Å². The zero-order chi connectivity index (χ0) is 23.7. The Labute approximate surface area is 214 Å². The number of hydrogen-bond donors (Lipinski definition) is 1. The molecule has 7 heteroatoms. The summed E-state index contributed by atoms with van der Waals surface area (Å²) in [6.45, 7) is 0. The van der Waals surface area contributed by atoms with Crippen LogP contribution < -0.4 is 10.4 Å². The van der Waals surface area contributed by atoms with E-state index >= 15 is 0 Å². The first kappa shape index (κ1) is 22.8. The molecule has 1 aliphatic heterocycles. The number of nitrogens with zero attached hydrogens (tertiary/aromatic N) is 2. The van der Waals surface area contributed by atoms with Gasteiger partial charge in [-0.25, -0.2) is 5.43 Å². The van der Waals surface area contributed by atoms with Gasteiger partial charge in [0.25, 0.3) is 5.69 Å². The van der Waals surface area contributed by atoms with Crippen molar-refractivity contribution in [3.8, 4) is 0 Å². The van der Waals surface area contributed by atoms with E-state index in [0.717, 1.165) is 27.9 Å². The lowest BCUT2D eigenvalue weighted by molar-refractivity contribution is -0.385. The highest BCUT2D eigenvalue weighted by Crippen LogP contribution is 2.50. The van der Waals surface area contributed by atoms with Crippen molar-refractivity contribution in [2.45, 2.75) is 15.8 Å². The van der Waals surface area contributed by atoms with Crippen molar-refractivity contribution in [2.24, 2.45) is 0 Å². The monoisotopic (exact) mass is 577 g/mol. The summed E-state index contributed by atoms with van der Waals surface area (Å²) < 4.78 is 0. The predicted octanol–water partition coefficient (Wildman–Crippen LogP) is 7.20. The number of anilines is 1. The molecule has 0 spiro atoms. The van der Waals surface area contributed by atoms with Gasteiger partial charge < -0.3 is 0 Å². The van der Waals surface area contributed by atoms with Crippen LogP contribution in [0.3, 0.4) is 0 Å². The standard InChI is InChI=1S/C27H21Br2N3O2/c28-18-19-16-23-25(17-24(19)32(33)34)31(30-26(23)29)27(20-10-4-1-5-11-20,21-12-6-2-7-13-21)22-14-8-3-9-15-22/h1-17,26,30H,18H2. The maximum atomic E-state index is 12.0. The van der Waals surface area contributed by atoms with E-state index in [4.69, 9.17) is 0 Å². The van der Waals surface area contributed by atoms with Crippen molar-refractivity contribution in [1.82, 2.24) is 5.43 Å². The van der Waals surface area contributed by atoms with E-state index in [1.165, 1.54) is 0 Å². The highest BCUT2D eigenvalue weighted by atomic mass is 79.9. The molecule has 0 amide bonds. The van der Waals surface area contributed by atoms with Crippen molar-refractivity contribution in [3.05, 3.63) is 141 Å². The van der Waals surface area contributed by atoms with Crippen LogP contribution in [-0.4, -0.2) is 4.92 Å². The molecule has 1 aliphatic rings. The normalized spacial score (nSPS) is 15.2.